The predicted molar refractivity (Wildman–Crippen MR) is 68.5 cm³/mol. The van der Waals surface area contributed by atoms with Gasteiger partial charge in [0.15, 0.2) is 0 Å². The largest absolute Gasteiger partial charge is 0.271 e. The van der Waals surface area contributed by atoms with Gasteiger partial charge in [0.05, 0.1) is 0 Å². The second-order valence-corrected chi connectivity index (χ2v) is 4.67. The average Bonchev–Trinajstić information content (AvgIpc) is 2.28. The summed E-state index contributed by atoms with van der Waals surface area (Å²) in [5.74, 6) is 7.13. The first-order valence-electron chi connectivity index (χ1n) is 6.71. The van der Waals surface area contributed by atoms with Crippen molar-refractivity contribution in [2.24, 2.45) is 17.7 Å². The van der Waals surface area contributed by atoms with Crippen LogP contribution in [-0.4, -0.2) is 6.54 Å². The van der Waals surface area contributed by atoms with Gasteiger partial charge in [-0.1, -0.05) is 52.9 Å². The summed E-state index contributed by atoms with van der Waals surface area (Å²) in [4.78, 5) is 0. The molecule has 0 saturated heterocycles. The highest BCUT2D eigenvalue weighted by Gasteiger charge is 2.13. The van der Waals surface area contributed by atoms with Crippen LogP contribution in [0.25, 0.3) is 0 Å². The molecule has 2 nitrogen and oxygen atoms in total. The van der Waals surface area contributed by atoms with Gasteiger partial charge in [0.1, 0.15) is 0 Å². The number of hydrogen-bond donors (Lipinski definition) is 2. The minimum absolute atomic E-state index is 0.864. The SMILES string of the molecule is CCCCC(CC)CC(CC)CCNN. The molecule has 2 atom stereocenters. The van der Waals surface area contributed by atoms with Crippen molar-refractivity contribution in [3.8, 4) is 0 Å². The lowest BCUT2D eigenvalue weighted by molar-refractivity contribution is 0.314. The fourth-order valence-corrected chi connectivity index (χ4v) is 2.23. The van der Waals surface area contributed by atoms with Gasteiger partial charge in [0, 0.05) is 6.54 Å². The zero-order valence-electron chi connectivity index (χ0n) is 10.9. The van der Waals surface area contributed by atoms with E-state index in [0.717, 1.165) is 18.4 Å². The van der Waals surface area contributed by atoms with E-state index in [2.05, 4.69) is 26.2 Å². The predicted octanol–water partition coefficient (Wildman–Crippen LogP) is 3.47. The number of nitrogens with one attached hydrogen (secondary N) is 1. The van der Waals surface area contributed by atoms with Crippen LogP contribution in [0, 0.1) is 11.8 Å². The lowest BCUT2D eigenvalue weighted by Crippen LogP contribution is -2.25. The first-order valence-corrected chi connectivity index (χ1v) is 6.71. The van der Waals surface area contributed by atoms with Crippen LogP contribution in [0.1, 0.15) is 65.7 Å². The molecule has 0 bridgehead atoms. The molecule has 0 amide bonds. The summed E-state index contributed by atoms with van der Waals surface area (Å²) in [6, 6.07) is 0. The minimum Gasteiger partial charge on any atom is -0.271 e. The van der Waals surface area contributed by atoms with Gasteiger partial charge in [-0.3, -0.25) is 11.3 Å². The summed E-state index contributed by atoms with van der Waals surface area (Å²) < 4.78 is 0. The molecule has 0 rings (SSSR count). The molecular formula is C13H30N2. The van der Waals surface area contributed by atoms with E-state index in [9.17, 15) is 0 Å². The zero-order chi connectivity index (χ0) is 11.5. The molecule has 15 heavy (non-hydrogen) atoms. The minimum atomic E-state index is 0.864. The van der Waals surface area contributed by atoms with Gasteiger partial charge < -0.3 is 0 Å². The van der Waals surface area contributed by atoms with Gasteiger partial charge in [0.2, 0.25) is 0 Å². The van der Waals surface area contributed by atoms with Crippen LogP contribution >= 0.6 is 0 Å². The Kier molecular flexibility index (Phi) is 10.4. The van der Waals surface area contributed by atoms with E-state index in [1.54, 1.807) is 0 Å². The number of unbranched alkanes of at least 4 members (excludes halogenated alkanes) is 1. The topological polar surface area (TPSA) is 38.0 Å². The Morgan fingerprint density at radius 2 is 1.60 bits per heavy atom. The molecule has 2 heteroatoms. The molecule has 0 aliphatic heterocycles. The summed E-state index contributed by atoms with van der Waals surface area (Å²) in [5, 5.41) is 0. The van der Waals surface area contributed by atoms with Crippen LogP contribution in [0.15, 0.2) is 0 Å². The van der Waals surface area contributed by atoms with Gasteiger partial charge in [-0.05, 0) is 24.7 Å². The summed E-state index contributed by atoms with van der Waals surface area (Å²) in [6.45, 7) is 7.87. The second-order valence-electron chi connectivity index (χ2n) is 4.67. The molecule has 2 unspecified atom stereocenters. The van der Waals surface area contributed by atoms with Gasteiger partial charge in [0.25, 0.3) is 0 Å². The standard InChI is InChI=1S/C13H30N2/c1-4-7-8-12(5-2)11-13(6-3)9-10-15-14/h12-13,15H,4-11,14H2,1-3H3. The van der Waals surface area contributed by atoms with Crippen LogP contribution in [-0.2, 0) is 0 Å². The molecular weight excluding hydrogens is 184 g/mol. The Balaban J connectivity index is 3.77. The van der Waals surface area contributed by atoms with Crippen molar-refractivity contribution < 1.29 is 0 Å². The molecule has 0 aromatic carbocycles. The van der Waals surface area contributed by atoms with Crippen molar-refractivity contribution in [1.82, 2.24) is 5.43 Å². The molecule has 0 aromatic rings. The fraction of sp³-hybridized carbons (Fsp3) is 1.00. The van der Waals surface area contributed by atoms with E-state index >= 15 is 0 Å². The van der Waals surface area contributed by atoms with Crippen molar-refractivity contribution >= 4 is 0 Å². The third-order valence-electron chi connectivity index (χ3n) is 3.48. The first kappa shape index (κ1) is 14.9. The maximum atomic E-state index is 5.33. The second kappa shape index (κ2) is 10.4. The summed E-state index contributed by atoms with van der Waals surface area (Å²) in [6.07, 6.45) is 9.41. The molecule has 0 aromatic heterocycles. The van der Waals surface area contributed by atoms with E-state index in [0.29, 0.717) is 0 Å². The summed E-state index contributed by atoms with van der Waals surface area (Å²) >= 11 is 0. The van der Waals surface area contributed by atoms with Crippen LogP contribution < -0.4 is 11.3 Å². The maximum absolute atomic E-state index is 5.33. The van der Waals surface area contributed by atoms with Gasteiger partial charge in [-0.2, -0.15) is 0 Å². The molecule has 0 aliphatic carbocycles. The molecule has 0 aliphatic rings. The van der Waals surface area contributed by atoms with Crippen LogP contribution in [0.2, 0.25) is 0 Å². The molecule has 0 radical (unpaired) electrons. The Bertz CT molecular complexity index is 112. The monoisotopic (exact) mass is 214 g/mol. The van der Waals surface area contributed by atoms with Gasteiger partial charge >= 0.3 is 0 Å². The summed E-state index contributed by atoms with van der Waals surface area (Å²) in [7, 11) is 0. The van der Waals surface area contributed by atoms with E-state index < -0.39 is 0 Å². The van der Waals surface area contributed by atoms with Gasteiger partial charge in [-0.15, -0.1) is 0 Å². The van der Waals surface area contributed by atoms with Crippen molar-refractivity contribution in [3.63, 3.8) is 0 Å². The third kappa shape index (κ3) is 7.80. The van der Waals surface area contributed by atoms with Crippen molar-refractivity contribution in [2.45, 2.75) is 65.7 Å². The zero-order valence-corrected chi connectivity index (χ0v) is 10.9. The number of nitrogens with two attached hydrogens (primary N) is 1. The summed E-state index contributed by atoms with van der Waals surface area (Å²) in [5.41, 5.74) is 2.77. The van der Waals surface area contributed by atoms with Crippen molar-refractivity contribution in [3.05, 3.63) is 0 Å². The molecule has 0 heterocycles. The van der Waals surface area contributed by atoms with Gasteiger partial charge in [-0.25, -0.2) is 0 Å². The highest BCUT2D eigenvalue weighted by molar-refractivity contribution is 4.65. The third-order valence-corrected chi connectivity index (χ3v) is 3.48. The van der Waals surface area contributed by atoms with E-state index in [-0.39, 0.29) is 0 Å². The highest BCUT2D eigenvalue weighted by atomic mass is 15.2. The van der Waals surface area contributed by atoms with Crippen molar-refractivity contribution in [2.75, 3.05) is 6.54 Å². The molecule has 0 spiro atoms. The normalized spacial score (nSPS) is 15.2. The lowest BCUT2D eigenvalue weighted by atomic mass is 9.86. The Hall–Kier alpha value is -0.0800. The maximum Gasteiger partial charge on any atom is 0.01000 e. The van der Waals surface area contributed by atoms with E-state index in [1.165, 1.54) is 44.9 Å². The fourth-order valence-electron chi connectivity index (χ4n) is 2.23. The van der Waals surface area contributed by atoms with Crippen LogP contribution in [0.3, 0.4) is 0 Å². The average molecular weight is 214 g/mol. The lowest BCUT2D eigenvalue weighted by Gasteiger charge is -2.21. The van der Waals surface area contributed by atoms with Crippen LogP contribution in [0.4, 0.5) is 0 Å². The smallest absolute Gasteiger partial charge is 0.01000 e. The molecule has 92 valence electrons. The Morgan fingerprint density at radius 3 is 2.07 bits per heavy atom. The molecule has 0 fully saturated rings. The molecule has 0 saturated carbocycles. The quantitative estimate of drug-likeness (QED) is 0.431. The molecule has 3 N–H and O–H groups in total. The number of hydrogen-bond acceptors (Lipinski definition) is 2. The van der Waals surface area contributed by atoms with Crippen molar-refractivity contribution in [1.29, 1.82) is 0 Å². The van der Waals surface area contributed by atoms with Crippen LogP contribution in [0.5, 0.6) is 0 Å². The Labute approximate surface area is 96.0 Å². The first-order chi connectivity index (χ1) is 7.28. The highest BCUT2D eigenvalue weighted by Crippen LogP contribution is 2.25. The Morgan fingerprint density at radius 1 is 1.00 bits per heavy atom. The number of rotatable bonds is 10. The number of hydrazine groups is 1. The van der Waals surface area contributed by atoms with E-state index in [4.69, 9.17) is 5.84 Å². The van der Waals surface area contributed by atoms with E-state index in [1.807, 2.05) is 0 Å².